The van der Waals surface area contributed by atoms with Gasteiger partial charge in [-0.15, -0.1) is 0 Å². The summed E-state index contributed by atoms with van der Waals surface area (Å²) >= 11 is 3.73. The normalized spacial score (nSPS) is 18.5. The van der Waals surface area contributed by atoms with Gasteiger partial charge in [0.1, 0.15) is 5.75 Å². The standard InChI is InChI=1S/C23H38BrNO3Si/c1-22(2,3)18-13-19(24)16(12-20(18)27-7)14-25-17(10-11-21(25)26)15-28-29(8,9)23(4,5)6/h12-13,17H,10-11,14-15H2,1-9H3/t17-/m0/s1. The lowest BCUT2D eigenvalue weighted by Crippen LogP contribution is -2.45. The van der Waals surface area contributed by atoms with Crippen LogP contribution in [0, 0.1) is 0 Å². The summed E-state index contributed by atoms with van der Waals surface area (Å²) in [4.78, 5) is 14.6. The topological polar surface area (TPSA) is 38.8 Å². The fourth-order valence-corrected chi connectivity index (χ4v) is 4.87. The fraction of sp³-hybridized carbons (Fsp3) is 0.696. The van der Waals surface area contributed by atoms with Crippen LogP contribution in [0.3, 0.4) is 0 Å². The molecule has 0 aliphatic carbocycles. The van der Waals surface area contributed by atoms with E-state index in [0.717, 1.165) is 27.8 Å². The number of nitrogens with zero attached hydrogens (tertiary/aromatic N) is 1. The lowest BCUT2D eigenvalue weighted by molar-refractivity contribution is -0.130. The van der Waals surface area contributed by atoms with Gasteiger partial charge < -0.3 is 14.1 Å². The van der Waals surface area contributed by atoms with Crippen molar-refractivity contribution >= 4 is 30.2 Å². The number of likely N-dealkylation sites (tertiary alicyclic amines) is 1. The summed E-state index contributed by atoms with van der Waals surface area (Å²) in [6.07, 6.45) is 1.46. The summed E-state index contributed by atoms with van der Waals surface area (Å²) in [7, 11) is -0.130. The van der Waals surface area contributed by atoms with E-state index in [1.54, 1.807) is 7.11 Å². The number of carbonyl (C=O) groups is 1. The first kappa shape index (κ1) is 24.4. The van der Waals surface area contributed by atoms with Gasteiger partial charge in [0.15, 0.2) is 8.32 Å². The Kier molecular flexibility index (Phi) is 7.34. The summed E-state index contributed by atoms with van der Waals surface area (Å²) in [5.41, 5.74) is 2.21. The van der Waals surface area contributed by atoms with Crippen LogP contribution in [0.4, 0.5) is 0 Å². The zero-order chi connectivity index (χ0) is 22.2. The second-order valence-corrected chi connectivity index (χ2v) is 16.3. The maximum atomic E-state index is 12.6. The molecule has 6 heteroatoms. The first-order valence-electron chi connectivity index (χ1n) is 10.5. The van der Waals surface area contributed by atoms with E-state index in [-0.39, 0.29) is 22.4 Å². The molecular formula is C23H38BrNO3Si. The molecule has 0 spiro atoms. The van der Waals surface area contributed by atoms with Crippen LogP contribution in [0.25, 0.3) is 0 Å². The molecule has 1 aliphatic rings. The third-order valence-electron chi connectivity index (χ3n) is 6.41. The van der Waals surface area contributed by atoms with Crippen molar-refractivity contribution in [2.45, 2.75) is 90.5 Å². The first-order valence-corrected chi connectivity index (χ1v) is 14.2. The molecule has 1 aliphatic heterocycles. The van der Waals surface area contributed by atoms with Gasteiger partial charge >= 0.3 is 0 Å². The van der Waals surface area contributed by atoms with Crippen LogP contribution < -0.4 is 4.74 Å². The van der Waals surface area contributed by atoms with Gasteiger partial charge in [-0.25, -0.2) is 0 Å². The molecule has 1 aromatic carbocycles. The average Bonchev–Trinajstić information content (AvgIpc) is 2.92. The molecule has 1 amide bonds. The highest BCUT2D eigenvalue weighted by Crippen LogP contribution is 2.39. The van der Waals surface area contributed by atoms with Crippen molar-refractivity contribution in [3.8, 4) is 5.75 Å². The van der Waals surface area contributed by atoms with Gasteiger partial charge in [-0.3, -0.25) is 4.79 Å². The van der Waals surface area contributed by atoms with E-state index in [4.69, 9.17) is 9.16 Å². The summed E-state index contributed by atoms with van der Waals surface area (Å²) < 4.78 is 13.1. The van der Waals surface area contributed by atoms with Crippen molar-refractivity contribution in [3.63, 3.8) is 0 Å². The zero-order valence-corrected chi connectivity index (χ0v) is 22.2. The van der Waals surface area contributed by atoms with Crippen LogP contribution in [0.2, 0.25) is 18.1 Å². The fourth-order valence-electron chi connectivity index (χ4n) is 3.36. The largest absolute Gasteiger partial charge is 0.496 e. The maximum Gasteiger partial charge on any atom is 0.223 e. The van der Waals surface area contributed by atoms with Crippen LogP contribution in [-0.2, 0) is 21.2 Å². The molecule has 0 bridgehead atoms. The van der Waals surface area contributed by atoms with Crippen LogP contribution in [0.15, 0.2) is 16.6 Å². The molecule has 1 aromatic rings. The van der Waals surface area contributed by atoms with Crippen molar-refractivity contribution in [1.82, 2.24) is 4.90 Å². The number of benzene rings is 1. The van der Waals surface area contributed by atoms with Crippen molar-refractivity contribution in [3.05, 3.63) is 27.7 Å². The molecule has 0 aromatic heterocycles. The molecule has 1 atom stereocenters. The highest BCUT2D eigenvalue weighted by Gasteiger charge is 2.39. The predicted molar refractivity (Wildman–Crippen MR) is 126 cm³/mol. The third-order valence-corrected chi connectivity index (χ3v) is 11.7. The number of amides is 1. The van der Waals surface area contributed by atoms with E-state index < -0.39 is 8.32 Å². The Morgan fingerprint density at radius 3 is 2.31 bits per heavy atom. The Hall–Kier alpha value is -0.853. The van der Waals surface area contributed by atoms with E-state index >= 15 is 0 Å². The van der Waals surface area contributed by atoms with Crippen LogP contribution in [-0.4, -0.2) is 38.9 Å². The molecule has 0 radical (unpaired) electrons. The molecular weight excluding hydrogens is 446 g/mol. The minimum atomic E-state index is -1.84. The maximum absolute atomic E-state index is 12.6. The minimum Gasteiger partial charge on any atom is -0.496 e. The summed E-state index contributed by atoms with van der Waals surface area (Å²) in [6, 6.07) is 4.34. The second kappa shape index (κ2) is 8.72. The molecule has 4 nitrogen and oxygen atoms in total. The van der Waals surface area contributed by atoms with E-state index in [1.165, 1.54) is 0 Å². The number of hydrogen-bond acceptors (Lipinski definition) is 3. The SMILES string of the molecule is COc1cc(CN2C(=O)CC[C@H]2CO[Si](C)(C)C(C)(C)C)c(Br)cc1C(C)(C)C. The van der Waals surface area contributed by atoms with Gasteiger partial charge in [-0.1, -0.05) is 57.5 Å². The monoisotopic (exact) mass is 483 g/mol. The quantitative estimate of drug-likeness (QED) is 0.447. The third kappa shape index (κ3) is 5.64. The van der Waals surface area contributed by atoms with E-state index in [9.17, 15) is 4.79 Å². The van der Waals surface area contributed by atoms with E-state index in [2.05, 4.69) is 82.7 Å². The molecule has 164 valence electrons. The Balaban J connectivity index is 2.22. The summed E-state index contributed by atoms with van der Waals surface area (Å²) in [6.45, 7) is 19.0. The first-order chi connectivity index (χ1) is 13.2. The van der Waals surface area contributed by atoms with Gasteiger partial charge in [0.2, 0.25) is 5.91 Å². The molecule has 29 heavy (non-hydrogen) atoms. The smallest absolute Gasteiger partial charge is 0.223 e. The number of halogens is 1. The second-order valence-electron chi connectivity index (χ2n) is 10.7. The molecule has 1 fully saturated rings. The molecule has 1 heterocycles. The van der Waals surface area contributed by atoms with Gasteiger partial charge in [-0.05, 0) is 47.7 Å². The van der Waals surface area contributed by atoms with Crippen molar-refractivity contribution < 1.29 is 14.0 Å². The van der Waals surface area contributed by atoms with Crippen LogP contribution in [0.1, 0.15) is 65.5 Å². The Morgan fingerprint density at radius 2 is 1.79 bits per heavy atom. The van der Waals surface area contributed by atoms with E-state index in [0.29, 0.717) is 19.6 Å². The molecule has 0 saturated carbocycles. The molecule has 0 unspecified atom stereocenters. The summed E-state index contributed by atoms with van der Waals surface area (Å²) in [5, 5.41) is 0.166. The Labute approximate surface area is 186 Å². The van der Waals surface area contributed by atoms with Gasteiger partial charge in [-0.2, -0.15) is 0 Å². The van der Waals surface area contributed by atoms with E-state index in [1.807, 2.05) is 4.90 Å². The number of ether oxygens (including phenoxy) is 1. The lowest BCUT2D eigenvalue weighted by Gasteiger charge is -2.38. The van der Waals surface area contributed by atoms with Crippen molar-refractivity contribution in [1.29, 1.82) is 0 Å². The Morgan fingerprint density at radius 1 is 1.17 bits per heavy atom. The minimum absolute atomic E-state index is 0.0185. The average molecular weight is 485 g/mol. The highest BCUT2D eigenvalue weighted by atomic mass is 79.9. The summed E-state index contributed by atoms with van der Waals surface area (Å²) in [5.74, 6) is 1.08. The molecule has 0 N–H and O–H groups in total. The van der Waals surface area contributed by atoms with Gasteiger partial charge in [0.05, 0.1) is 19.8 Å². The van der Waals surface area contributed by atoms with Crippen molar-refractivity contribution in [2.75, 3.05) is 13.7 Å². The molecule has 2 rings (SSSR count). The number of methoxy groups -OCH3 is 1. The van der Waals surface area contributed by atoms with Crippen LogP contribution >= 0.6 is 15.9 Å². The van der Waals surface area contributed by atoms with Gasteiger partial charge in [0.25, 0.3) is 0 Å². The number of carbonyl (C=O) groups excluding carboxylic acids is 1. The predicted octanol–water partition coefficient (Wildman–Crippen LogP) is 6.27. The molecule has 1 saturated heterocycles. The Bertz CT molecular complexity index is 750. The van der Waals surface area contributed by atoms with Gasteiger partial charge in [0, 0.05) is 23.0 Å². The number of rotatable bonds is 6. The van der Waals surface area contributed by atoms with Crippen molar-refractivity contribution in [2.24, 2.45) is 0 Å². The van der Waals surface area contributed by atoms with Crippen LogP contribution in [0.5, 0.6) is 5.75 Å². The number of hydrogen-bond donors (Lipinski definition) is 0. The zero-order valence-electron chi connectivity index (χ0n) is 19.6. The lowest BCUT2D eigenvalue weighted by atomic mass is 9.85. The highest BCUT2D eigenvalue weighted by molar-refractivity contribution is 9.10.